The van der Waals surface area contributed by atoms with E-state index < -0.39 is 5.97 Å². The third-order valence-corrected chi connectivity index (χ3v) is 6.22. The van der Waals surface area contributed by atoms with Gasteiger partial charge in [0.05, 0.1) is 16.8 Å². The lowest BCUT2D eigenvalue weighted by molar-refractivity contribution is 0.0590. The second-order valence-corrected chi connectivity index (χ2v) is 8.56. The van der Waals surface area contributed by atoms with Gasteiger partial charge in [-0.05, 0) is 43.2 Å². The van der Waals surface area contributed by atoms with Crippen LogP contribution in [0.3, 0.4) is 0 Å². The molecule has 1 amide bonds. The zero-order chi connectivity index (χ0) is 19.7. The largest absolute Gasteiger partial charge is 0.475 e. The van der Waals surface area contributed by atoms with E-state index in [0.29, 0.717) is 21.3 Å². The molecule has 0 bridgehead atoms. The highest BCUT2D eigenvalue weighted by molar-refractivity contribution is 7.22. The Morgan fingerprint density at radius 1 is 1.21 bits per heavy atom. The number of aromatic nitrogens is 1. The van der Waals surface area contributed by atoms with Crippen LogP contribution in [0.5, 0.6) is 0 Å². The number of carboxylic acids is 1. The first kappa shape index (κ1) is 19.0. The van der Waals surface area contributed by atoms with E-state index in [4.69, 9.17) is 21.1 Å². The van der Waals surface area contributed by atoms with Gasteiger partial charge < -0.3 is 14.4 Å². The van der Waals surface area contributed by atoms with Gasteiger partial charge in [0.2, 0.25) is 5.76 Å². The van der Waals surface area contributed by atoms with Gasteiger partial charge in [0, 0.05) is 11.6 Å². The van der Waals surface area contributed by atoms with Crippen LogP contribution in [0.4, 0.5) is 0 Å². The second-order valence-electron chi connectivity index (χ2n) is 6.95. The monoisotopic (exact) mass is 418 g/mol. The van der Waals surface area contributed by atoms with Crippen molar-refractivity contribution in [1.29, 1.82) is 0 Å². The molecule has 28 heavy (non-hydrogen) atoms. The van der Waals surface area contributed by atoms with Gasteiger partial charge in [0.15, 0.2) is 4.47 Å². The van der Waals surface area contributed by atoms with Crippen molar-refractivity contribution in [2.45, 2.75) is 44.7 Å². The lowest BCUT2D eigenvalue weighted by Gasteiger charge is -2.34. The van der Waals surface area contributed by atoms with Crippen molar-refractivity contribution >= 4 is 45.0 Å². The van der Waals surface area contributed by atoms with E-state index in [1.54, 1.807) is 23.1 Å². The van der Waals surface area contributed by atoms with Gasteiger partial charge in [-0.2, -0.15) is 0 Å². The molecule has 0 saturated heterocycles. The molecule has 8 heteroatoms. The number of carbonyl (C=O) groups is 2. The Morgan fingerprint density at radius 2 is 2.00 bits per heavy atom. The van der Waals surface area contributed by atoms with Crippen molar-refractivity contribution in [3.63, 3.8) is 0 Å². The molecule has 1 fully saturated rings. The summed E-state index contributed by atoms with van der Waals surface area (Å²) in [6.07, 6.45) is 5.19. The third-order valence-electron chi connectivity index (χ3n) is 5.08. The van der Waals surface area contributed by atoms with Crippen molar-refractivity contribution in [3.8, 4) is 0 Å². The van der Waals surface area contributed by atoms with Gasteiger partial charge in [-0.3, -0.25) is 4.79 Å². The van der Waals surface area contributed by atoms with Crippen LogP contribution < -0.4 is 0 Å². The van der Waals surface area contributed by atoms with Crippen molar-refractivity contribution in [2.24, 2.45) is 0 Å². The fraction of sp³-hybridized carbons (Fsp3) is 0.350. The molecule has 0 spiro atoms. The average molecular weight is 419 g/mol. The standard InChI is InChI=1S/C20H19ClN2O4S/c21-20-22-15-10-12(6-9-17(15)28-20)18(24)23(13-4-2-1-3-5-13)11-14-7-8-16(27-14)19(25)26/h6-10,13H,1-5,11H2,(H,25,26). The normalized spacial score (nSPS) is 15.0. The molecule has 3 aromatic rings. The number of halogens is 1. The maximum Gasteiger partial charge on any atom is 0.371 e. The highest BCUT2D eigenvalue weighted by atomic mass is 35.5. The molecule has 0 atom stereocenters. The van der Waals surface area contributed by atoms with Crippen LogP contribution in [0.1, 0.15) is 58.8 Å². The van der Waals surface area contributed by atoms with Crippen molar-refractivity contribution in [1.82, 2.24) is 9.88 Å². The number of carboxylic acid groups (broad SMARTS) is 1. The summed E-state index contributed by atoms with van der Waals surface area (Å²) in [6, 6.07) is 8.57. The van der Waals surface area contributed by atoms with E-state index in [-0.39, 0.29) is 24.3 Å². The van der Waals surface area contributed by atoms with Crippen LogP contribution in [0.25, 0.3) is 10.2 Å². The van der Waals surface area contributed by atoms with E-state index in [2.05, 4.69) is 4.98 Å². The minimum absolute atomic E-state index is 0.105. The lowest BCUT2D eigenvalue weighted by atomic mass is 9.93. The molecule has 1 aliphatic rings. The molecule has 1 saturated carbocycles. The van der Waals surface area contributed by atoms with Crippen LogP contribution in [0.15, 0.2) is 34.7 Å². The molecule has 4 rings (SSSR count). The molecule has 0 aliphatic heterocycles. The third kappa shape index (κ3) is 3.91. The first-order chi connectivity index (χ1) is 13.5. The maximum absolute atomic E-state index is 13.4. The van der Waals surface area contributed by atoms with E-state index in [1.165, 1.54) is 23.8 Å². The van der Waals surface area contributed by atoms with Gasteiger partial charge >= 0.3 is 5.97 Å². The van der Waals surface area contributed by atoms with Crippen molar-refractivity contribution in [2.75, 3.05) is 0 Å². The maximum atomic E-state index is 13.4. The van der Waals surface area contributed by atoms with Crippen LogP contribution in [-0.2, 0) is 6.54 Å². The predicted octanol–water partition coefficient (Wildman–Crippen LogP) is 5.22. The quantitative estimate of drug-likeness (QED) is 0.614. The average Bonchev–Trinajstić information content (AvgIpc) is 3.31. The Morgan fingerprint density at radius 3 is 2.71 bits per heavy atom. The summed E-state index contributed by atoms with van der Waals surface area (Å²) in [5.41, 5.74) is 1.25. The Bertz CT molecular complexity index is 1020. The molecule has 6 nitrogen and oxygen atoms in total. The first-order valence-electron chi connectivity index (χ1n) is 9.20. The number of benzene rings is 1. The summed E-state index contributed by atoms with van der Waals surface area (Å²) in [4.78, 5) is 30.5. The summed E-state index contributed by atoms with van der Waals surface area (Å²) >= 11 is 7.36. The number of amides is 1. The van der Waals surface area contributed by atoms with E-state index in [9.17, 15) is 9.59 Å². The number of thiazole rings is 1. The first-order valence-corrected chi connectivity index (χ1v) is 10.4. The van der Waals surface area contributed by atoms with Crippen LogP contribution in [0.2, 0.25) is 4.47 Å². The molecule has 2 heterocycles. The highest BCUT2D eigenvalue weighted by Crippen LogP contribution is 2.29. The number of hydrogen-bond donors (Lipinski definition) is 1. The van der Waals surface area contributed by atoms with Crippen LogP contribution in [-0.4, -0.2) is 32.9 Å². The van der Waals surface area contributed by atoms with Gasteiger partial charge in [0.1, 0.15) is 5.76 Å². The second kappa shape index (κ2) is 7.93. The lowest BCUT2D eigenvalue weighted by Crippen LogP contribution is -2.40. The molecule has 2 aromatic heterocycles. The topological polar surface area (TPSA) is 83.6 Å². The molecule has 1 aliphatic carbocycles. The highest BCUT2D eigenvalue weighted by Gasteiger charge is 2.28. The van der Waals surface area contributed by atoms with Gasteiger partial charge in [-0.25, -0.2) is 9.78 Å². The Balaban J connectivity index is 1.64. The SMILES string of the molecule is O=C(O)c1ccc(CN(C(=O)c2ccc3sc(Cl)nc3c2)C2CCCCC2)o1. The number of furan rings is 1. The summed E-state index contributed by atoms with van der Waals surface area (Å²) < 4.78 is 6.78. The van der Waals surface area contributed by atoms with Crippen molar-refractivity contribution in [3.05, 3.63) is 51.9 Å². The molecule has 1 N–H and O–H groups in total. The summed E-state index contributed by atoms with van der Waals surface area (Å²) in [6.45, 7) is 0.243. The smallest absolute Gasteiger partial charge is 0.371 e. The number of rotatable bonds is 5. The minimum Gasteiger partial charge on any atom is -0.475 e. The van der Waals surface area contributed by atoms with Gasteiger partial charge in [-0.1, -0.05) is 30.9 Å². The van der Waals surface area contributed by atoms with Gasteiger partial charge in [0.25, 0.3) is 5.91 Å². The molecule has 146 valence electrons. The fourth-order valence-electron chi connectivity index (χ4n) is 3.70. The summed E-state index contributed by atoms with van der Waals surface area (Å²) in [5, 5.41) is 9.08. The number of hydrogen-bond acceptors (Lipinski definition) is 5. The summed E-state index contributed by atoms with van der Waals surface area (Å²) in [5.74, 6) is -0.877. The van der Waals surface area contributed by atoms with Crippen LogP contribution in [0, 0.1) is 0 Å². The molecule has 0 radical (unpaired) electrons. The van der Waals surface area contributed by atoms with Gasteiger partial charge in [-0.15, -0.1) is 11.3 Å². The molecule has 1 aromatic carbocycles. The number of aromatic carboxylic acids is 1. The molecular formula is C20H19ClN2O4S. The minimum atomic E-state index is -1.12. The number of nitrogens with zero attached hydrogens (tertiary/aromatic N) is 2. The number of fused-ring (bicyclic) bond motifs is 1. The van der Waals surface area contributed by atoms with E-state index >= 15 is 0 Å². The zero-order valence-corrected chi connectivity index (χ0v) is 16.6. The van der Waals surface area contributed by atoms with Crippen molar-refractivity contribution < 1.29 is 19.1 Å². The molecular weight excluding hydrogens is 400 g/mol. The fourth-order valence-corrected chi connectivity index (χ4v) is 4.71. The Labute approximate surface area is 170 Å². The Kier molecular flexibility index (Phi) is 5.37. The predicted molar refractivity (Wildman–Crippen MR) is 107 cm³/mol. The molecule has 0 unspecified atom stereocenters. The number of carbonyl (C=O) groups excluding carboxylic acids is 1. The van der Waals surface area contributed by atoms with E-state index in [0.717, 1.165) is 30.4 Å². The zero-order valence-electron chi connectivity index (χ0n) is 15.1. The summed E-state index contributed by atoms with van der Waals surface area (Å²) in [7, 11) is 0. The van der Waals surface area contributed by atoms with E-state index in [1.807, 2.05) is 6.07 Å². The Hall–Kier alpha value is -2.38. The van der Waals surface area contributed by atoms with Crippen LogP contribution >= 0.6 is 22.9 Å².